The zero-order valence-electron chi connectivity index (χ0n) is 9.76. The van der Waals surface area contributed by atoms with Gasteiger partial charge in [0.1, 0.15) is 0 Å². The van der Waals surface area contributed by atoms with E-state index in [4.69, 9.17) is 5.21 Å². The van der Waals surface area contributed by atoms with Crippen LogP contribution < -0.4 is 0 Å². The molecule has 90 valence electrons. The number of piperidine rings is 1. The van der Waals surface area contributed by atoms with Crippen LogP contribution in [-0.4, -0.2) is 39.8 Å². The molecule has 5 heteroatoms. The third kappa shape index (κ3) is 2.61. The van der Waals surface area contributed by atoms with Gasteiger partial charge in [-0.2, -0.15) is 0 Å². The summed E-state index contributed by atoms with van der Waals surface area (Å²) in [5.74, 6) is -0.00510. The average Bonchev–Trinajstić information content (AvgIpc) is 2.39. The van der Waals surface area contributed by atoms with Gasteiger partial charge in [0.05, 0.1) is 11.3 Å². The number of likely N-dealkylation sites (tertiary alicyclic amines) is 1. The second kappa shape index (κ2) is 4.95. The number of carbonyl (C=O) groups excluding carboxylic acids is 1. The van der Waals surface area contributed by atoms with Gasteiger partial charge in [-0.3, -0.25) is 9.78 Å². The molecule has 1 saturated heterocycles. The van der Waals surface area contributed by atoms with Crippen LogP contribution in [-0.2, 0) is 0 Å². The number of carbonyl (C=O) groups is 1. The molecule has 2 rings (SSSR count). The Kier molecular flexibility index (Phi) is 3.37. The molecule has 0 atom stereocenters. The first-order valence-electron chi connectivity index (χ1n) is 5.62. The Hall–Kier alpha value is -1.91. The first kappa shape index (κ1) is 11.6. The number of rotatable bonds is 1. The van der Waals surface area contributed by atoms with Gasteiger partial charge in [0.2, 0.25) is 0 Å². The summed E-state index contributed by atoms with van der Waals surface area (Å²) >= 11 is 0. The lowest BCUT2D eigenvalue weighted by atomic mass is 10.1. The Morgan fingerprint density at radius 2 is 2.12 bits per heavy atom. The third-order valence-corrected chi connectivity index (χ3v) is 2.93. The highest BCUT2D eigenvalue weighted by Gasteiger charge is 2.21. The van der Waals surface area contributed by atoms with E-state index >= 15 is 0 Å². The Morgan fingerprint density at radius 1 is 1.41 bits per heavy atom. The van der Waals surface area contributed by atoms with E-state index in [0.29, 0.717) is 31.5 Å². The lowest BCUT2D eigenvalue weighted by molar-refractivity contribution is 0.0753. The minimum Gasteiger partial charge on any atom is -0.411 e. The molecule has 1 fully saturated rings. The minimum atomic E-state index is -0.00510. The highest BCUT2D eigenvalue weighted by atomic mass is 16.4. The summed E-state index contributed by atoms with van der Waals surface area (Å²) in [5, 5.41) is 11.8. The van der Waals surface area contributed by atoms with Crippen LogP contribution in [0.25, 0.3) is 0 Å². The normalized spacial score (nSPS) is 15.8. The predicted octanol–water partition coefficient (Wildman–Crippen LogP) is 1.46. The van der Waals surface area contributed by atoms with E-state index in [1.807, 2.05) is 13.0 Å². The standard InChI is InChI=1S/C12H15N3O2/c1-9-2-3-10(8-13-9)12(16)15-6-4-11(14-17)5-7-15/h2-3,8,17H,4-7H2,1H3. The van der Waals surface area contributed by atoms with Gasteiger partial charge in [-0.1, -0.05) is 5.16 Å². The highest BCUT2D eigenvalue weighted by Crippen LogP contribution is 2.11. The topological polar surface area (TPSA) is 65.8 Å². The van der Waals surface area contributed by atoms with E-state index in [-0.39, 0.29) is 5.91 Å². The van der Waals surface area contributed by atoms with Crippen LogP contribution in [0.4, 0.5) is 0 Å². The first-order valence-corrected chi connectivity index (χ1v) is 5.62. The largest absolute Gasteiger partial charge is 0.411 e. The van der Waals surface area contributed by atoms with E-state index in [2.05, 4.69) is 10.1 Å². The average molecular weight is 233 g/mol. The third-order valence-electron chi connectivity index (χ3n) is 2.93. The van der Waals surface area contributed by atoms with Gasteiger partial charge in [0, 0.05) is 37.8 Å². The summed E-state index contributed by atoms with van der Waals surface area (Å²) < 4.78 is 0. The maximum atomic E-state index is 12.1. The van der Waals surface area contributed by atoms with Crippen LogP contribution in [0.1, 0.15) is 28.9 Å². The number of pyridine rings is 1. The Labute approximate surface area is 99.8 Å². The SMILES string of the molecule is Cc1ccc(C(=O)N2CCC(=NO)CC2)cn1. The Morgan fingerprint density at radius 3 is 2.65 bits per heavy atom. The van der Waals surface area contributed by atoms with Crippen molar-refractivity contribution in [2.45, 2.75) is 19.8 Å². The van der Waals surface area contributed by atoms with E-state index in [0.717, 1.165) is 11.4 Å². The molecule has 1 aliphatic rings. The lowest BCUT2D eigenvalue weighted by Gasteiger charge is -2.27. The summed E-state index contributed by atoms with van der Waals surface area (Å²) in [6.45, 7) is 3.09. The molecule has 0 radical (unpaired) electrons. The molecule has 0 bridgehead atoms. The van der Waals surface area contributed by atoms with Crippen LogP contribution in [0.15, 0.2) is 23.5 Å². The van der Waals surface area contributed by atoms with Gasteiger partial charge in [-0.05, 0) is 19.1 Å². The summed E-state index contributed by atoms with van der Waals surface area (Å²) in [7, 11) is 0. The van der Waals surface area contributed by atoms with Crippen molar-refractivity contribution in [2.24, 2.45) is 5.16 Å². The smallest absolute Gasteiger partial charge is 0.255 e. The molecule has 1 N–H and O–H groups in total. The molecule has 1 aromatic rings. The number of nitrogens with zero attached hydrogens (tertiary/aromatic N) is 3. The Bertz CT molecular complexity index is 430. The fourth-order valence-corrected chi connectivity index (χ4v) is 1.84. The predicted molar refractivity (Wildman–Crippen MR) is 63.3 cm³/mol. The second-order valence-corrected chi connectivity index (χ2v) is 4.15. The fraction of sp³-hybridized carbons (Fsp3) is 0.417. The molecule has 0 saturated carbocycles. The molecule has 0 unspecified atom stereocenters. The number of hydrogen-bond acceptors (Lipinski definition) is 4. The van der Waals surface area contributed by atoms with E-state index in [1.165, 1.54) is 0 Å². The maximum absolute atomic E-state index is 12.1. The van der Waals surface area contributed by atoms with Crippen molar-refractivity contribution in [2.75, 3.05) is 13.1 Å². The molecular weight excluding hydrogens is 218 g/mol. The molecule has 17 heavy (non-hydrogen) atoms. The molecule has 5 nitrogen and oxygen atoms in total. The quantitative estimate of drug-likeness (QED) is 0.590. The van der Waals surface area contributed by atoms with Crippen molar-refractivity contribution in [1.82, 2.24) is 9.88 Å². The van der Waals surface area contributed by atoms with Crippen molar-refractivity contribution in [1.29, 1.82) is 0 Å². The van der Waals surface area contributed by atoms with Crippen LogP contribution in [0.2, 0.25) is 0 Å². The van der Waals surface area contributed by atoms with Gasteiger partial charge in [-0.25, -0.2) is 0 Å². The molecule has 1 aliphatic heterocycles. The molecule has 0 spiro atoms. The molecule has 1 amide bonds. The molecule has 1 aromatic heterocycles. The summed E-state index contributed by atoms with van der Waals surface area (Å²) in [6.07, 6.45) is 2.89. The van der Waals surface area contributed by atoms with Crippen molar-refractivity contribution < 1.29 is 10.0 Å². The first-order chi connectivity index (χ1) is 8.20. The van der Waals surface area contributed by atoms with E-state index in [9.17, 15) is 4.79 Å². The molecule has 2 heterocycles. The number of hydrogen-bond donors (Lipinski definition) is 1. The number of aryl methyl sites for hydroxylation is 1. The lowest BCUT2D eigenvalue weighted by Crippen LogP contribution is -2.38. The van der Waals surface area contributed by atoms with Crippen molar-refractivity contribution in [3.8, 4) is 0 Å². The summed E-state index contributed by atoms with van der Waals surface area (Å²) in [6, 6.07) is 3.62. The zero-order valence-corrected chi connectivity index (χ0v) is 9.76. The molecular formula is C12H15N3O2. The second-order valence-electron chi connectivity index (χ2n) is 4.15. The minimum absolute atomic E-state index is 0.00510. The fourth-order valence-electron chi connectivity index (χ4n) is 1.84. The number of amides is 1. The molecule has 0 aliphatic carbocycles. The monoisotopic (exact) mass is 233 g/mol. The number of oxime groups is 1. The molecule has 0 aromatic carbocycles. The summed E-state index contributed by atoms with van der Waals surface area (Å²) in [5.41, 5.74) is 2.27. The van der Waals surface area contributed by atoms with Gasteiger partial charge < -0.3 is 10.1 Å². The van der Waals surface area contributed by atoms with Gasteiger partial charge in [0.15, 0.2) is 0 Å². The van der Waals surface area contributed by atoms with Crippen molar-refractivity contribution in [3.63, 3.8) is 0 Å². The van der Waals surface area contributed by atoms with Crippen LogP contribution in [0.5, 0.6) is 0 Å². The van der Waals surface area contributed by atoms with Crippen molar-refractivity contribution >= 4 is 11.6 Å². The van der Waals surface area contributed by atoms with Crippen molar-refractivity contribution in [3.05, 3.63) is 29.6 Å². The van der Waals surface area contributed by atoms with E-state index < -0.39 is 0 Å². The van der Waals surface area contributed by atoms with Crippen LogP contribution >= 0.6 is 0 Å². The highest BCUT2D eigenvalue weighted by molar-refractivity contribution is 5.95. The summed E-state index contributed by atoms with van der Waals surface area (Å²) in [4.78, 5) is 18.0. The van der Waals surface area contributed by atoms with E-state index in [1.54, 1.807) is 17.2 Å². The number of aromatic nitrogens is 1. The van der Waals surface area contributed by atoms with Gasteiger partial charge >= 0.3 is 0 Å². The van der Waals surface area contributed by atoms with Gasteiger partial charge in [0.25, 0.3) is 5.91 Å². The van der Waals surface area contributed by atoms with Gasteiger partial charge in [-0.15, -0.1) is 0 Å². The maximum Gasteiger partial charge on any atom is 0.255 e. The Balaban J connectivity index is 2.04. The van der Waals surface area contributed by atoms with Crippen LogP contribution in [0.3, 0.4) is 0 Å². The van der Waals surface area contributed by atoms with Crippen LogP contribution in [0, 0.1) is 6.92 Å². The zero-order chi connectivity index (χ0) is 12.3.